The Morgan fingerprint density at radius 2 is 2.00 bits per heavy atom. The zero-order chi connectivity index (χ0) is 24.1. The Bertz CT molecular complexity index is 929. The van der Waals surface area contributed by atoms with Crippen LogP contribution in [-0.4, -0.2) is 49.1 Å². The number of hydrogen-bond donors (Lipinski definition) is 3. The molecule has 0 saturated heterocycles. The second kappa shape index (κ2) is 10.8. The van der Waals surface area contributed by atoms with Crippen molar-refractivity contribution in [3.63, 3.8) is 0 Å². The van der Waals surface area contributed by atoms with E-state index in [2.05, 4.69) is 5.32 Å². The van der Waals surface area contributed by atoms with Crippen LogP contribution in [0, 0.1) is 5.92 Å². The van der Waals surface area contributed by atoms with Gasteiger partial charge in [-0.1, -0.05) is 12.1 Å². The second-order valence-corrected chi connectivity index (χ2v) is 11.2. The van der Waals surface area contributed by atoms with Crippen molar-refractivity contribution in [3.8, 4) is 0 Å². The number of aliphatic carboxylic acids is 1. The summed E-state index contributed by atoms with van der Waals surface area (Å²) in [5.74, 6) is -1.41. The van der Waals surface area contributed by atoms with Crippen molar-refractivity contribution < 1.29 is 31.5 Å². The predicted molar refractivity (Wildman–Crippen MR) is 118 cm³/mol. The Hall–Kier alpha value is -1.91. The van der Waals surface area contributed by atoms with Crippen LogP contribution in [0.25, 0.3) is 5.57 Å². The molecule has 0 bridgehead atoms. The topological polar surface area (TPSA) is 109 Å². The fourth-order valence-corrected chi connectivity index (χ4v) is 5.33. The summed E-state index contributed by atoms with van der Waals surface area (Å²) in [4.78, 5) is 11.2. The number of sulfone groups is 1. The van der Waals surface area contributed by atoms with E-state index in [4.69, 9.17) is 5.73 Å². The first kappa shape index (κ1) is 26.3. The van der Waals surface area contributed by atoms with Gasteiger partial charge < -0.3 is 16.2 Å². The van der Waals surface area contributed by atoms with Gasteiger partial charge in [-0.25, -0.2) is 13.2 Å². The van der Waals surface area contributed by atoms with Crippen molar-refractivity contribution >= 4 is 21.4 Å². The summed E-state index contributed by atoms with van der Waals surface area (Å²) in [6.07, 6.45) is -1.45. The number of benzene rings is 1. The Morgan fingerprint density at radius 3 is 2.59 bits per heavy atom. The highest BCUT2D eigenvalue weighted by atomic mass is 32.2. The van der Waals surface area contributed by atoms with E-state index in [-0.39, 0.29) is 41.3 Å². The molecule has 0 aromatic heterocycles. The minimum absolute atomic E-state index is 0.0154. The van der Waals surface area contributed by atoms with Crippen LogP contribution in [0.5, 0.6) is 0 Å². The summed E-state index contributed by atoms with van der Waals surface area (Å²) in [6.45, 7) is 3.57. The van der Waals surface area contributed by atoms with Crippen LogP contribution in [0.2, 0.25) is 0 Å². The highest BCUT2D eigenvalue weighted by Gasteiger charge is 2.33. The number of halogens is 3. The molecule has 0 amide bonds. The lowest BCUT2D eigenvalue weighted by Crippen LogP contribution is -2.47. The molecular weight excluding hydrogens is 445 g/mol. The first-order valence-electron chi connectivity index (χ1n) is 10.6. The fourth-order valence-electron chi connectivity index (χ4n) is 3.98. The van der Waals surface area contributed by atoms with E-state index in [1.54, 1.807) is 13.8 Å². The van der Waals surface area contributed by atoms with Gasteiger partial charge in [0.2, 0.25) is 0 Å². The van der Waals surface area contributed by atoms with E-state index < -0.39 is 32.8 Å². The molecule has 0 unspecified atom stereocenters. The van der Waals surface area contributed by atoms with E-state index in [0.29, 0.717) is 19.4 Å². The summed E-state index contributed by atoms with van der Waals surface area (Å²) >= 11 is 0. The van der Waals surface area contributed by atoms with E-state index in [0.717, 1.165) is 24.6 Å². The van der Waals surface area contributed by atoms with Gasteiger partial charge in [-0.15, -0.1) is 0 Å². The van der Waals surface area contributed by atoms with Crippen LogP contribution >= 0.6 is 0 Å². The molecule has 6 nitrogen and oxygen atoms in total. The Morgan fingerprint density at radius 1 is 1.31 bits per heavy atom. The Labute approximate surface area is 187 Å². The number of rotatable bonds is 9. The van der Waals surface area contributed by atoms with Crippen molar-refractivity contribution in [1.29, 1.82) is 0 Å². The summed E-state index contributed by atoms with van der Waals surface area (Å²) in [6, 6.07) is 4.37. The van der Waals surface area contributed by atoms with Gasteiger partial charge in [-0.2, -0.15) is 13.2 Å². The molecule has 1 saturated carbocycles. The molecule has 0 heterocycles. The zero-order valence-electron chi connectivity index (χ0n) is 18.2. The normalized spacial score (nSPS) is 22.8. The SMILES string of the molecule is CC(C)S(=O)(=O)C[C@@H]1C[C@@H](N)CC[C@H]1NCC/C(=C/C(=O)O)c1cccc(C(F)(F)F)c1. The molecule has 1 aliphatic carbocycles. The minimum Gasteiger partial charge on any atom is -0.478 e. The Balaban J connectivity index is 2.12. The monoisotopic (exact) mass is 476 g/mol. The quantitative estimate of drug-likeness (QED) is 0.471. The first-order valence-corrected chi connectivity index (χ1v) is 12.3. The van der Waals surface area contributed by atoms with Crippen molar-refractivity contribution in [3.05, 3.63) is 41.5 Å². The first-order chi connectivity index (χ1) is 14.8. The molecule has 10 heteroatoms. The largest absolute Gasteiger partial charge is 0.478 e. The standard InChI is InChI=1S/C22H31F3N2O4S/c1-14(2)32(30,31)13-17-11-19(26)6-7-20(17)27-9-8-16(12-21(28)29)15-4-3-5-18(10-15)22(23,24)25/h3-5,10,12,14,17,19-20,27H,6-9,11,13,26H2,1-2H3,(H,28,29)/b16-12-/t17-,19-,20+/m0/s1. The van der Waals surface area contributed by atoms with Crippen LogP contribution in [-0.2, 0) is 20.8 Å². The third kappa shape index (κ3) is 7.60. The molecule has 0 aliphatic heterocycles. The molecule has 1 aromatic rings. The van der Waals surface area contributed by atoms with Gasteiger partial charge in [0.05, 0.1) is 16.6 Å². The number of carboxylic acid groups (broad SMARTS) is 1. The average Bonchev–Trinajstić information content (AvgIpc) is 2.67. The molecule has 4 N–H and O–H groups in total. The van der Waals surface area contributed by atoms with Crippen molar-refractivity contribution in [2.75, 3.05) is 12.3 Å². The number of hydrogen-bond acceptors (Lipinski definition) is 5. The maximum absolute atomic E-state index is 13.0. The minimum atomic E-state index is -4.53. The van der Waals surface area contributed by atoms with Crippen LogP contribution < -0.4 is 11.1 Å². The average molecular weight is 477 g/mol. The zero-order valence-corrected chi connectivity index (χ0v) is 19.0. The van der Waals surface area contributed by atoms with E-state index in [1.807, 2.05) is 0 Å². The van der Waals surface area contributed by atoms with Crippen molar-refractivity contribution in [2.45, 2.75) is 63.0 Å². The van der Waals surface area contributed by atoms with E-state index in [9.17, 15) is 31.5 Å². The number of nitrogens with two attached hydrogens (primary N) is 1. The number of carbonyl (C=O) groups is 1. The molecule has 0 spiro atoms. The predicted octanol–water partition coefficient (Wildman–Crippen LogP) is 3.47. The van der Waals surface area contributed by atoms with Gasteiger partial charge in [0.25, 0.3) is 0 Å². The maximum atomic E-state index is 13.0. The van der Waals surface area contributed by atoms with Crippen LogP contribution in [0.4, 0.5) is 13.2 Å². The highest BCUT2D eigenvalue weighted by molar-refractivity contribution is 7.91. The smallest absolute Gasteiger partial charge is 0.416 e. The van der Waals surface area contributed by atoms with Gasteiger partial charge in [-0.05, 0) is 75.3 Å². The Kier molecular flexibility index (Phi) is 8.90. The highest BCUT2D eigenvalue weighted by Crippen LogP contribution is 2.32. The molecule has 0 radical (unpaired) electrons. The number of alkyl halides is 3. The third-order valence-corrected chi connectivity index (χ3v) is 8.18. The van der Waals surface area contributed by atoms with Crippen LogP contribution in [0.1, 0.15) is 50.7 Å². The number of carboxylic acids is 1. The lowest BCUT2D eigenvalue weighted by atomic mass is 9.83. The summed E-state index contributed by atoms with van der Waals surface area (Å²) < 4.78 is 64.0. The van der Waals surface area contributed by atoms with Gasteiger partial charge >= 0.3 is 12.1 Å². The van der Waals surface area contributed by atoms with Crippen LogP contribution in [0.15, 0.2) is 30.3 Å². The van der Waals surface area contributed by atoms with Gasteiger partial charge in [0.1, 0.15) is 0 Å². The molecular formula is C22H31F3N2O4S. The summed E-state index contributed by atoms with van der Waals surface area (Å²) in [5, 5.41) is 12.0. The van der Waals surface area contributed by atoms with Gasteiger partial charge in [-0.3, -0.25) is 0 Å². The summed E-state index contributed by atoms with van der Waals surface area (Å²) in [5.41, 5.74) is 5.65. The molecule has 1 fully saturated rings. The van der Waals surface area contributed by atoms with Crippen LogP contribution in [0.3, 0.4) is 0 Å². The third-order valence-electron chi connectivity index (χ3n) is 5.85. The molecule has 1 aliphatic rings. The van der Waals surface area contributed by atoms with Crippen molar-refractivity contribution in [2.24, 2.45) is 11.7 Å². The number of nitrogens with one attached hydrogen (secondary N) is 1. The lowest BCUT2D eigenvalue weighted by molar-refractivity contribution is -0.137. The van der Waals surface area contributed by atoms with Crippen molar-refractivity contribution in [1.82, 2.24) is 5.32 Å². The van der Waals surface area contributed by atoms with E-state index >= 15 is 0 Å². The molecule has 1 aromatic carbocycles. The molecule has 3 atom stereocenters. The van der Waals surface area contributed by atoms with Gasteiger partial charge in [0, 0.05) is 18.2 Å². The van der Waals surface area contributed by atoms with E-state index in [1.165, 1.54) is 12.1 Å². The summed E-state index contributed by atoms with van der Waals surface area (Å²) in [7, 11) is -3.26. The molecule has 2 rings (SSSR count). The molecule has 32 heavy (non-hydrogen) atoms. The second-order valence-electron chi connectivity index (χ2n) is 8.61. The lowest BCUT2D eigenvalue weighted by Gasteiger charge is -2.35. The molecule has 180 valence electrons. The maximum Gasteiger partial charge on any atom is 0.416 e. The fraction of sp³-hybridized carbons (Fsp3) is 0.591. The van der Waals surface area contributed by atoms with Gasteiger partial charge in [0.15, 0.2) is 9.84 Å².